The second kappa shape index (κ2) is 7.86. The first-order chi connectivity index (χ1) is 12.8. The number of nitrogens with one attached hydrogen (secondary N) is 3. The van der Waals surface area contributed by atoms with Gasteiger partial charge in [-0.05, 0) is 36.2 Å². The number of hydrogen-bond acceptors (Lipinski definition) is 5. The van der Waals surface area contributed by atoms with E-state index in [9.17, 15) is 4.79 Å². The number of amides is 1. The molecule has 4 rings (SSSR count). The lowest BCUT2D eigenvalue weighted by atomic mass is 10.0. The molecule has 0 bridgehead atoms. The Kier molecular flexibility index (Phi) is 5.15. The third kappa shape index (κ3) is 3.88. The summed E-state index contributed by atoms with van der Waals surface area (Å²) in [7, 11) is 0. The van der Waals surface area contributed by atoms with Gasteiger partial charge in [-0.3, -0.25) is 4.79 Å². The summed E-state index contributed by atoms with van der Waals surface area (Å²) in [5, 5.41) is 3.00. The molecule has 2 heterocycles. The maximum Gasteiger partial charge on any atom is 0.242 e. The first-order valence-electron chi connectivity index (χ1n) is 9.09. The molecule has 2 aromatic rings. The molecule has 2 aliphatic rings. The van der Waals surface area contributed by atoms with E-state index >= 15 is 0 Å². The minimum absolute atomic E-state index is 0.0185. The van der Waals surface area contributed by atoms with Crippen LogP contribution in [0.3, 0.4) is 0 Å². The summed E-state index contributed by atoms with van der Waals surface area (Å²) in [6, 6.07) is 18.1. The Morgan fingerprint density at radius 3 is 2.46 bits per heavy atom. The summed E-state index contributed by atoms with van der Waals surface area (Å²) >= 11 is 0. The molecule has 2 unspecified atom stereocenters. The van der Waals surface area contributed by atoms with Gasteiger partial charge in [0.15, 0.2) is 0 Å². The highest BCUT2D eigenvalue weighted by Crippen LogP contribution is 2.23. The summed E-state index contributed by atoms with van der Waals surface area (Å²) in [6.07, 6.45) is 0.724. The van der Waals surface area contributed by atoms with Crippen molar-refractivity contribution >= 4 is 17.3 Å². The van der Waals surface area contributed by atoms with Crippen molar-refractivity contribution < 1.29 is 9.53 Å². The van der Waals surface area contributed by atoms with Gasteiger partial charge in [0.1, 0.15) is 6.04 Å². The predicted molar refractivity (Wildman–Crippen MR) is 102 cm³/mol. The second-order valence-corrected chi connectivity index (χ2v) is 6.68. The van der Waals surface area contributed by atoms with Crippen molar-refractivity contribution in [3.63, 3.8) is 0 Å². The van der Waals surface area contributed by atoms with E-state index in [0.717, 1.165) is 44.1 Å². The van der Waals surface area contributed by atoms with Gasteiger partial charge in [0.05, 0.1) is 13.2 Å². The molecule has 0 aliphatic carbocycles. The van der Waals surface area contributed by atoms with Crippen LogP contribution in [0.2, 0.25) is 0 Å². The topological polar surface area (TPSA) is 65.6 Å². The fraction of sp³-hybridized carbons (Fsp3) is 0.350. The summed E-state index contributed by atoms with van der Waals surface area (Å²) in [4.78, 5) is 14.8. The Labute approximate surface area is 153 Å². The summed E-state index contributed by atoms with van der Waals surface area (Å²) in [6.45, 7) is 3.34. The maximum absolute atomic E-state index is 12.5. The Morgan fingerprint density at radius 2 is 1.73 bits per heavy atom. The van der Waals surface area contributed by atoms with Crippen LogP contribution in [0.15, 0.2) is 54.6 Å². The highest BCUT2D eigenvalue weighted by Gasteiger charge is 2.30. The number of rotatable bonds is 4. The van der Waals surface area contributed by atoms with Gasteiger partial charge in [-0.1, -0.05) is 30.3 Å². The third-order valence-electron chi connectivity index (χ3n) is 4.93. The van der Waals surface area contributed by atoms with Gasteiger partial charge < -0.3 is 15.0 Å². The summed E-state index contributed by atoms with van der Waals surface area (Å²) < 4.78 is 5.38. The van der Waals surface area contributed by atoms with Crippen LogP contribution in [0.5, 0.6) is 0 Å². The molecule has 2 atom stereocenters. The molecule has 2 saturated heterocycles. The zero-order chi connectivity index (χ0) is 17.8. The summed E-state index contributed by atoms with van der Waals surface area (Å²) in [5.41, 5.74) is 9.48. The molecule has 136 valence electrons. The SMILES string of the molecule is O=C(Nc1ccc(N2CCOCC2)cc1)C1CC(c2ccccc2)NN1. The molecule has 0 saturated carbocycles. The van der Waals surface area contributed by atoms with Crippen LogP contribution < -0.4 is 21.1 Å². The van der Waals surface area contributed by atoms with E-state index < -0.39 is 0 Å². The van der Waals surface area contributed by atoms with Crippen LogP contribution in [0, 0.1) is 0 Å². The molecule has 3 N–H and O–H groups in total. The predicted octanol–water partition coefficient (Wildman–Crippen LogP) is 2.07. The standard InChI is InChI=1S/C20H24N4O2/c25-20(19-14-18(22-23-19)15-4-2-1-3-5-15)21-16-6-8-17(9-7-16)24-10-12-26-13-11-24/h1-9,18-19,22-23H,10-14H2,(H,21,25). The van der Waals surface area contributed by atoms with Crippen molar-refractivity contribution in [1.82, 2.24) is 10.9 Å². The molecule has 0 aromatic heterocycles. The number of benzene rings is 2. The van der Waals surface area contributed by atoms with Gasteiger partial charge >= 0.3 is 0 Å². The van der Waals surface area contributed by atoms with E-state index in [0.29, 0.717) is 0 Å². The molecule has 2 aliphatic heterocycles. The molecule has 6 nitrogen and oxygen atoms in total. The van der Waals surface area contributed by atoms with E-state index in [2.05, 4.69) is 33.2 Å². The number of hydrazine groups is 1. The smallest absolute Gasteiger partial charge is 0.242 e. The van der Waals surface area contributed by atoms with E-state index in [4.69, 9.17) is 4.74 Å². The summed E-state index contributed by atoms with van der Waals surface area (Å²) in [5.74, 6) is -0.0185. The monoisotopic (exact) mass is 352 g/mol. The van der Waals surface area contributed by atoms with Crippen LogP contribution in [0.25, 0.3) is 0 Å². The normalized spacial score (nSPS) is 23.0. The number of morpholine rings is 1. The number of carbonyl (C=O) groups is 1. The van der Waals surface area contributed by atoms with Crippen molar-refractivity contribution in [3.05, 3.63) is 60.2 Å². The molecular formula is C20H24N4O2. The van der Waals surface area contributed by atoms with Crippen LogP contribution in [0.1, 0.15) is 18.0 Å². The number of carbonyl (C=O) groups excluding carboxylic acids is 1. The van der Waals surface area contributed by atoms with Crippen LogP contribution in [-0.2, 0) is 9.53 Å². The first-order valence-corrected chi connectivity index (χ1v) is 9.09. The molecule has 2 fully saturated rings. The third-order valence-corrected chi connectivity index (χ3v) is 4.93. The van der Waals surface area contributed by atoms with E-state index in [1.54, 1.807) is 0 Å². The molecule has 0 radical (unpaired) electrons. The fourth-order valence-corrected chi connectivity index (χ4v) is 3.44. The minimum Gasteiger partial charge on any atom is -0.378 e. The van der Waals surface area contributed by atoms with E-state index in [-0.39, 0.29) is 18.0 Å². The number of hydrogen-bond donors (Lipinski definition) is 3. The van der Waals surface area contributed by atoms with Crippen LogP contribution in [0.4, 0.5) is 11.4 Å². The van der Waals surface area contributed by atoms with Crippen molar-refractivity contribution in [2.24, 2.45) is 0 Å². The zero-order valence-corrected chi connectivity index (χ0v) is 14.7. The molecule has 6 heteroatoms. The lowest BCUT2D eigenvalue weighted by molar-refractivity contribution is -0.117. The lowest BCUT2D eigenvalue weighted by Crippen LogP contribution is -2.39. The lowest BCUT2D eigenvalue weighted by Gasteiger charge is -2.28. The van der Waals surface area contributed by atoms with Crippen molar-refractivity contribution in [2.45, 2.75) is 18.5 Å². The van der Waals surface area contributed by atoms with Gasteiger partial charge in [-0.2, -0.15) is 0 Å². The van der Waals surface area contributed by atoms with Crippen molar-refractivity contribution in [2.75, 3.05) is 36.5 Å². The van der Waals surface area contributed by atoms with Crippen LogP contribution in [-0.4, -0.2) is 38.3 Å². The van der Waals surface area contributed by atoms with Crippen LogP contribution >= 0.6 is 0 Å². The Hall–Kier alpha value is -2.41. The van der Waals surface area contributed by atoms with E-state index in [1.165, 1.54) is 5.56 Å². The van der Waals surface area contributed by atoms with Gasteiger partial charge in [0.2, 0.25) is 5.91 Å². The number of ether oxygens (including phenoxy) is 1. The van der Waals surface area contributed by atoms with Gasteiger partial charge in [0.25, 0.3) is 0 Å². The number of anilines is 2. The average Bonchev–Trinajstić information content (AvgIpc) is 3.20. The maximum atomic E-state index is 12.5. The first kappa shape index (κ1) is 17.0. The fourth-order valence-electron chi connectivity index (χ4n) is 3.44. The minimum atomic E-state index is -0.251. The Bertz CT molecular complexity index is 729. The molecule has 0 spiro atoms. The largest absolute Gasteiger partial charge is 0.378 e. The van der Waals surface area contributed by atoms with Crippen molar-refractivity contribution in [3.8, 4) is 0 Å². The molecular weight excluding hydrogens is 328 g/mol. The van der Waals surface area contributed by atoms with E-state index in [1.807, 2.05) is 42.5 Å². The Morgan fingerprint density at radius 1 is 1.00 bits per heavy atom. The zero-order valence-electron chi connectivity index (χ0n) is 14.7. The van der Waals surface area contributed by atoms with Gasteiger partial charge in [0, 0.05) is 30.5 Å². The van der Waals surface area contributed by atoms with Crippen molar-refractivity contribution in [1.29, 1.82) is 0 Å². The van der Waals surface area contributed by atoms with Gasteiger partial charge in [-0.15, -0.1) is 0 Å². The molecule has 26 heavy (non-hydrogen) atoms. The van der Waals surface area contributed by atoms with Gasteiger partial charge in [-0.25, -0.2) is 10.9 Å². The molecule has 2 aromatic carbocycles. The second-order valence-electron chi connectivity index (χ2n) is 6.68. The average molecular weight is 352 g/mol. The number of nitrogens with zero attached hydrogens (tertiary/aromatic N) is 1. The quantitative estimate of drug-likeness (QED) is 0.786. The highest BCUT2D eigenvalue weighted by molar-refractivity contribution is 5.95. The highest BCUT2D eigenvalue weighted by atomic mass is 16.5. The molecule has 1 amide bonds. The Balaban J connectivity index is 1.33.